The molecule has 0 spiro atoms. The van der Waals surface area contributed by atoms with E-state index in [1.807, 2.05) is 12.1 Å². The average molecular weight is 330 g/mol. The fourth-order valence-electron chi connectivity index (χ4n) is 1.95. The Morgan fingerprint density at radius 2 is 1.59 bits per heavy atom. The van der Waals surface area contributed by atoms with Gasteiger partial charge in [-0.2, -0.15) is 0 Å². The Balaban J connectivity index is 0.00000242. The Morgan fingerprint density at radius 3 is 2.14 bits per heavy atom. The van der Waals surface area contributed by atoms with E-state index in [0.717, 1.165) is 11.6 Å². The summed E-state index contributed by atoms with van der Waals surface area (Å²) in [4.78, 5) is 0. The smallest absolute Gasteiger partial charge is 0.126 e. The minimum absolute atomic E-state index is 0. The minimum Gasteiger partial charge on any atom is -0.489 e. The molecule has 2 rings (SSSR count). The highest BCUT2D eigenvalue weighted by molar-refractivity contribution is 5.85. The number of aliphatic hydroxyl groups is 1. The second kappa shape index (κ2) is 8.68. The van der Waals surface area contributed by atoms with Gasteiger partial charge in [0.2, 0.25) is 0 Å². The monoisotopic (exact) mass is 329 g/mol. The van der Waals surface area contributed by atoms with Crippen LogP contribution < -0.4 is 10.5 Å². The van der Waals surface area contributed by atoms with Gasteiger partial charge in [-0.15, -0.1) is 12.4 Å². The number of ether oxygens (including phenoxy) is 1. The van der Waals surface area contributed by atoms with Gasteiger partial charge in [-0.25, -0.2) is 8.78 Å². The molecule has 2 aromatic rings. The fraction of sp³-hybridized carbons (Fsp3) is 0.250. The molecule has 0 amide bonds. The lowest BCUT2D eigenvalue weighted by Gasteiger charge is -2.10. The molecule has 22 heavy (non-hydrogen) atoms. The first kappa shape index (κ1) is 18.4. The van der Waals surface area contributed by atoms with Gasteiger partial charge in [-0.05, 0) is 41.8 Å². The lowest BCUT2D eigenvalue weighted by Crippen LogP contribution is -2.26. The van der Waals surface area contributed by atoms with Crippen LogP contribution in [0.15, 0.2) is 42.5 Å². The Morgan fingerprint density at radius 1 is 1.00 bits per heavy atom. The summed E-state index contributed by atoms with van der Waals surface area (Å²) in [5.41, 5.74) is 7.07. The van der Waals surface area contributed by atoms with Crippen molar-refractivity contribution in [2.75, 3.05) is 6.61 Å². The third-order valence-corrected chi connectivity index (χ3v) is 2.98. The van der Waals surface area contributed by atoms with Crippen LogP contribution >= 0.6 is 12.4 Å². The highest BCUT2D eigenvalue weighted by Crippen LogP contribution is 2.16. The van der Waals surface area contributed by atoms with Crippen molar-refractivity contribution >= 4 is 12.4 Å². The van der Waals surface area contributed by atoms with E-state index >= 15 is 0 Å². The van der Waals surface area contributed by atoms with Crippen molar-refractivity contribution in [3.63, 3.8) is 0 Å². The van der Waals surface area contributed by atoms with Crippen LogP contribution in [-0.2, 0) is 13.0 Å². The van der Waals surface area contributed by atoms with Crippen LogP contribution in [0.3, 0.4) is 0 Å². The van der Waals surface area contributed by atoms with Crippen molar-refractivity contribution in [2.45, 2.75) is 19.1 Å². The Labute approximate surface area is 134 Å². The zero-order chi connectivity index (χ0) is 15.2. The second-order valence-electron chi connectivity index (χ2n) is 4.86. The SMILES string of the molecule is Cl.NC(CO)Cc1ccc(OCc2cc(F)cc(F)c2)cc1. The summed E-state index contributed by atoms with van der Waals surface area (Å²) in [6.07, 6.45) is 0.575. The molecule has 120 valence electrons. The van der Waals surface area contributed by atoms with Crippen molar-refractivity contribution in [1.82, 2.24) is 0 Å². The van der Waals surface area contributed by atoms with E-state index in [2.05, 4.69) is 0 Å². The summed E-state index contributed by atoms with van der Waals surface area (Å²) in [5.74, 6) is -0.648. The van der Waals surface area contributed by atoms with Crippen molar-refractivity contribution in [1.29, 1.82) is 0 Å². The van der Waals surface area contributed by atoms with E-state index in [-0.39, 0.29) is 31.7 Å². The van der Waals surface area contributed by atoms with Crippen molar-refractivity contribution in [2.24, 2.45) is 5.73 Å². The molecule has 0 aliphatic heterocycles. The number of nitrogens with two attached hydrogens (primary N) is 1. The molecule has 0 heterocycles. The maximum absolute atomic E-state index is 13.0. The minimum atomic E-state index is -0.623. The molecule has 0 aliphatic rings. The summed E-state index contributed by atoms with van der Waals surface area (Å²) in [6, 6.07) is 10.2. The Kier molecular flexibility index (Phi) is 7.24. The molecule has 3 N–H and O–H groups in total. The number of hydrogen-bond donors (Lipinski definition) is 2. The van der Waals surface area contributed by atoms with Crippen LogP contribution in [0.4, 0.5) is 8.78 Å². The van der Waals surface area contributed by atoms with E-state index in [0.29, 0.717) is 17.7 Å². The van der Waals surface area contributed by atoms with Gasteiger partial charge in [0.1, 0.15) is 24.0 Å². The normalized spacial score (nSPS) is 11.6. The number of rotatable bonds is 6. The van der Waals surface area contributed by atoms with E-state index in [4.69, 9.17) is 15.6 Å². The van der Waals surface area contributed by atoms with Gasteiger partial charge < -0.3 is 15.6 Å². The topological polar surface area (TPSA) is 55.5 Å². The summed E-state index contributed by atoms with van der Waals surface area (Å²) in [6.45, 7) is 0.0214. The molecule has 0 saturated heterocycles. The summed E-state index contributed by atoms with van der Waals surface area (Å²) in [7, 11) is 0. The maximum atomic E-state index is 13.0. The van der Waals surface area contributed by atoms with Gasteiger partial charge in [0.05, 0.1) is 6.61 Å². The molecule has 1 atom stereocenters. The molecule has 0 aliphatic carbocycles. The average Bonchev–Trinajstić information content (AvgIpc) is 2.45. The quantitative estimate of drug-likeness (QED) is 0.857. The van der Waals surface area contributed by atoms with Gasteiger partial charge in [0.15, 0.2) is 0 Å². The first-order valence-electron chi connectivity index (χ1n) is 6.60. The maximum Gasteiger partial charge on any atom is 0.126 e. The fourth-order valence-corrected chi connectivity index (χ4v) is 1.95. The van der Waals surface area contributed by atoms with Crippen LogP contribution in [0.2, 0.25) is 0 Å². The van der Waals surface area contributed by atoms with Gasteiger partial charge in [0, 0.05) is 12.1 Å². The molecular weight excluding hydrogens is 312 g/mol. The molecule has 1 unspecified atom stereocenters. The molecule has 0 bridgehead atoms. The van der Waals surface area contributed by atoms with Crippen molar-refractivity contribution < 1.29 is 18.6 Å². The molecule has 0 saturated carbocycles. The second-order valence-corrected chi connectivity index (χ2v) is 4.86. The van der Waals surface area contributed by atoms with Gasteiger partial charge in [-0.3, -0.25) is 0 Å². The highest BCUT2D eigenvalue weighted by Gasteiger charge is 2.04. The molecule has 0 fully saturated rings. The summed E-state index contributed by atoms with van der Waals surface area (Å²) < 4.78 is 31.5. The van der Waals surface area contributed by atoms with E-state index < -0.39 is 11.6 Å². The first-order valence-corrected chi connectivity index (χ1v) is 6.60. The van der Waals surface area contributed by atoms with Gasteiger partial charge in [0.25, 0.3) is 0 Å². The van der Waals surface area contributed by atoms with Crippen LogP contribution in [-0.4, -0.2) is 17.8 Å². The van der Waals surface area contributed by atoms with E-state index in [1.54, 1.807) is 12.1 Å². The van der Waals surface area contributed by atoms with E-state index in [1.165, 1.54) is 12.1 Å². The van der Waals surface area contributed by atoms with E-state index in [9.17, 15) is 8.78 Å². The predicted octanol–water partition coefficient (Wildman–Crippen LogP) is 2.83. The van der Waals surface area contributed by atoms with Crippen LogP contribution in [0, 0.1) is 11.6 Å². The summed E-state index contributed by atoms with van der Waals surface area (Å²) >= 11 is 0. The van der Waals surface area contributed by atoms with Crippen molar-refractivity contribution in [3.8, 4) is 5.75 Å². The number of benzene rings is 2. The molecule has 3 nitrogen and oxygen atoms in total. The number of halogens is 3. The molecule has 0 aromatic heterocycles. The zero-order valence-corrected chi connectivity index (χ0v) is 12.7. The Hall–Kier alpha value is -1.69. The number of hydrogen-bond acceptors (Lipinski definition) is 3. The molecule has 0 radical (unpaired) electrons. The lowest BCUT2D eigenvalue weighted by molar-refractivity contribution is 0.265. The third-order valence-electron chi connectivity index (χ3n) is 2.98. The van der Waals surface area contributed by atoms with Crippen LogP contribution in [0.25, 0.3) is 0 Å². The van der Waals surface area contributed by atoms with Crippen molar-refractivity contribution in [3.05, 3.63) is 65.2 Å². The number of aliphatic hydroxyl groups excluding tert-OH is 1. The first-order chi connectivity index (χ1) is 10.1. The van der Waals surface area contributed by atoms with Gasteiger partial charge >= 0.3 is 0 Å². The van der Waals surface area contributed by atoms with Crippen LogP contribution in [0.1, 0.15) is 11.1 Å². The standard InChI is InChI=1S/C16H17F2NO2.ClH/c17-13-5-12(6-14(18)8-13)10-21-16-3-1-11(2-4-16)7-15(19)9-20;/h1-6,8,15,20H,7,9-10,19H2;1H. The largest absolute Gasteiger partial charge is 0.489 e. The van der Waals surface area contributed by atoms with Crippen LogP contribution in [0.5, 0.6) is 5.75 Å². The molecular formula is C16H18ClF2NO2. The molecule has 2 aromatic carbocycles. The van der Waals surface area contributed by atoms with Gasteiger partial charge in [-0.1, -0.05) is 12.1 Å². The lowest BCUT2D eigenvalue weighted by atomic mass is 10.1. The third kappa shape index (κ3) is 5.60. The highest BCUT2D eigenvalue weighted by atomic mass is 35.5. The summed E-state index contributed by atoms with van der Waals surface area (Å²) in [5, 5.41) is 8.89. The molecule has 6 heteroatoms. The zero-order valence-electron chi connectivity index (χ0n) is 11.8. The predicted molar refractivity (Wildman–Crippen MR) is 83.1 cm³/mol. The Bertz CT molecular complexity index is 573.